The van der Waals surface area contributed by atoms with E-state index < -0.39 is 11.2 Å². The Hall–Kier alpha value is -9.24. The molecule has 1 amide bonds. The first-order valence-electron chi connectivity index (χ1n) is 34.9. The molecule has 0 fully saturated rings. The number of fused-ring (bicyclic) bond motifs is 12. The van der Waals surface area contributed by atoms with Crippen LogP contribution in [0.15, 0.2) is 168 Å². The summed E-state index contributed by atoms with van der Waals surface area (Å²) in [5.74, 6) is -0.943. The molecule has 16 nitrogen and oxygen atoms in total. The van der Waals surface area contributed by atoms with Crippen molar-refractivity contribution in [2.24, 2.45) is 22.9 Å². The third kappa shape index (κ3) is 24.7. The molecule has 0 radical (unpaired) electrons. The van der Waals surface area contributed by atoms with Crippen LogP contribution >= 0.6 is 50.5 Å². The number of carboxylic acid groups (broad SMARTS) is 1. The molecule has 0 spiro atoms. The molecule has 0 saturated heterocycles. The van der Waals surface area contributed by atoms with Crippen molar-refractivity contribution in [3.63, 3.8) is 0 Å². The number of ether oxygens (including phenoxy) is 1. The van der Waals surface area contributed by atoms with E-state index in [2.05, 4.69) is 125 Å². The van der Waals surface area contributed by atoms with E-state index in [0.717, 1.165) is 166 Å². The number of nitrogens with zero attached hydrogens (tertiary/aromatic N) is 4. The number of aryl methyl sites for hydroxylation is 8. The van der Waals surface area contributed by atoms with Gasteiger partial charge in [0.1, 0.15) is 0 Å². The molecule has 540 valence electrons. The van der Waals surface area contributed by atoms with Gasteiger partial charge in [-0.1, -0.05) is 178 Å². The Labute approximate surface area is 617 Å². The molecule has 6 aliphatic carbocycles. The van der Waals surface area contributed by atoms with Gasteiger partial charge in [0.25, 0.3) is 5.56 Å². The fraction of sp³-hybridized carbons (Fsp3) is 0.370. The molecule has 0 bridgehead atoms. The van der Waals surface area contributed by atoms with E-state index in [4.69, 9.17) is 21.4 Å². The minimum absolute atomic E-state index is 0. The zero-order chi connectivity index (χ0) is 72.3. The molecule has 3 atom stereocenters. The van der Waals surface area contributed by atoms with Crippen molar-refractivity contribution in [1.82, 2.24) is 25.8 Å². The topological polar surface area (TPSA) is 245 Å². The Balaban J connectivity index is 0.000000190. The zero-order valence-corrected chi connectivity index (χ0v) is 68.4. The van der Waals surface area contributed by atoms with Crippen LogP contribution in [0.5, 0.6) is 0 Å². The van der Waals surface area contributed by atoms with Gasteiger partial charge >= 0.3 is 17.1 Å². The number of H-pyrrole nitrogens is 1. The van der Waals surface area contributed by atoms with Crippen molar-refractivity contribution < 1.29 is 43.2 Å². The second kappa shape index (κ2) is 41.8. The van der Waals surface area contributed by atoms with Gasteiger partial charge < -0.3 is 9.84 Å². The molecule has 6 aromatic carbocycles. The second-order valence-electron chi connectivity index (χ2n) is 25.2. The monoisotopic (exact) mass is 1750 g/mol. The number of aromatic amines is 1. The molecule has 3 N–H and O–H groups in total. The van der Waals surface area contributed by atoms with Crippen molar-refractivity contribution in [2.75, 3.05) is 6.61 Å². The van der Waals surface area contributed by atoms with E-state index in [0.29, 0.717) is 41.9 Å². The van der Waals surface area contributed by atoms with E-state index in [1.165, 1.54) is 38.9 Å². The maximum Gasteiger partial charge on any atom is 0.339 e. The molecular weight excluding hydrogens is 1660 g/mol. The van der Waals surface area contributed by atoms with Crippen LogP contribution in [0.2, 0.25) is 5.15 Å². The van der Waals surface area contributed by atoms with E-state index in [1.807, 2.05) is 98.8 Å². The first-order valence-corrected chi connectivity index (χ1v) is 39.7. The van der Waals surface area contributed by atoms with Crippen molar-refractivity contribution in [2.45, 2.75) is 169 Å². The van der Waals surface area contributed by atoms with Gasteiger partial charge in [0.15, 0.2) is 22.5 Å². The minimum Gasteiger partial charge on any atom is -0.481 e. The van der Waals surface area contributed by atoms with Gasteiger partial charge in [0.05, 0.1) is 36.5 Å². The summed E-state index contributed by atoms with van der Waals surface area (Å²) in [4.78, 5) is 80.7. The number of benzene rings is 6. The van der Waals surface area contributed by atoms with Crippen LogP contribution in [-0.4, -0.2) is 73.0 Å². The number of ketones is 3. The Morgan fingerprint density at radius 3 is 1.44 bits per heavy atom. The van der Waals surface area contributed by atoms with E-state index in [9.17, 15) is 38.1 Å². The molecule has 3 heterocycles. The van der Waals surface area contributed by atoms with Gasteiger partial charge in [-0.3, -0.25) is 38.1 Å². The average molecular weight is 1750 g/mol. The largest absolute Gasteiger partial charge is 0.481 e. The molecular formula is C81H91Cl4DbN6O10P. The smallest absolute Gasteiger partial charge is 0.339 e. The van der Waals surface area contributed by atoms with Gasteiger partial charge in [-0.25, -0.2) is 10.5 Å². The van der Waals surface area contributed by atoms with E-state index in [1.54, 1.807) is 19.1 Å². The van der Waals surface area contributed by atoms with Gasteiger partial charge in [-0.15, -0.1) is 10.2 Å². The van der Waals surface area contributed by atoms with Crippen LogP contribution in [0, 0.1) is 17.8 Å². The zero-order valence-electron chi connectivity index (χ0n) is 58.1. The van der Waals surface area contributed by atoms with Crippen LogP contribution in [0.25, 0.3) is 22.5 Å². The standard InChI is InChI=1S/C15H18O3.C13H11ClN2.C13H14N2O.C13H12N2O.C13H14O3.C11H12O.C2H6.CH4.Cl3OP.Db/c1-2-18-14(16)10-12-8-5-7-11-6-3-4-9-13(11)15(12)17;14-12-8-10-6-3-5-9-4-1-2-7-11(9)13(10)16-15-12;2*16-12-8-10-6-3-5-9-4-1-2-7-11(9)13(10)15-14-12;14-12(15)8-10-6-3-5-9-4-1-2-7-11(9)13(10)16;12-11-8-4-2-6-9-5-1-3-7-10(9)11;1-2;;1-5(2,3)4;/h3-4,6,9,12H,2,5,7-8,10H2,1H3;1-2,4,7-8H,3,5-6H2;1-2,4,7,10H,3,5-6,8H2,(H,14,16);1-2,4,7-8H,3,5-6H2,(H,14,16);1-2,4,7,10H,3,5-6,8H2,(H,14,15);1,3,5,7H,2,4,6,8H2;1-2H3;1H4;;. The second-order valence-corrected chi connectivity index (χ2v) is 32.2. The number of carboxylic acids is 1. The molecule has 2 aromatic heterocycles. The number of hydrogen-bond acceptors (Lipinski definition) is 13. The number of aliphatic carboxylic acids is 1. The number of carbonyl (C=O) groups is 6. The summed E-state index contributed by atoms with van der Waals surface area (Å²) >= 11 is 19.7. The third-order valence-corrected chi connectivity index (χ3v) is 18.5. The van der Waals surface area contributed by atoms with E-state index in [-0.39, 0.29) is 61.1 Å². The fourth-order valence-electron chi connectivity index (χ4n) is 13.7. The number of amides is 1. The Bertz CT molecular complexity index is 4330. The Kier molecular flexibility index (Phi) is 33.5. The third-order valence-electron chi connectivity index (χ3n) is 18.3. The molecule has 8 aromatic rings. The quantitative estimate of drug-likeness (QED) is 0.0825. The normalized spacial score (nSPS) is 17.0. The molecule has 0 saturated carbocycles. The number of esters is 1. The maximum atomic E-state index is 12.4. The van der Waals surface area contributed by atoms with Crippen molar-refractivity contribution in [3.05, 3.63) is 240 Å². The Morgan fingerprint density at radius 1 is 0.515 bits per heavy atom. The van der Waals surface area contributed by atoms with Crippen molar-refractivity contribution in [3.8, 4) is 22.5 Å². The maximum absolute atomic E-state index is 12.4. The number of carbonyl (C=O) groups excluding carboxylic acids is 5. The van der Waals surface area contributed by atoms with Crippen LogP contribution in [0.1, 0.15) is 199 Å². The molecule has 1 aliphatic heterocycles. The van der Waals surface area contributed by atoms with Crippen LogP contribution < -0.4 is 11.0 Å². The summed E-state index contributed by atoms with van der Waals surface area (Å²) in [6.45, 7) is 6.15. The number of hydrogen-bond donors (Lipinski definition) is 3. The van der Waals surface area contributed by atoms with E-state index >= 15 is 0 Å². The summed E-state index contributed by atoms with van der Waals surface area (Å²) in [7, 11) is 0. The predicted octanol–water partition coefficient (Wildman–Crippen LogP) is 19.2. The first kappa shape index (κ1) is 82.7. The number of aromatic nitrogens is 4. The summed E-state index contributed by atoms with van der Waals surface area (Å²) in [6.07, 6.45) is 19.5. The summed E-state index contributed by atoms with van der Waals surface area (Å²) in [5.41, 5.74) is 21.3. The number of halogens is 4. The van der Waals surface area contributed by atoms with Crippen LogP contribution in [0.4, 0.5) is 0 Å². The van der Waals surface area contributed by atoms with Crippen molar-refractivity contribution >= 4 is 91.4 Å². The van der Waals surface area contributed by atoms with Crippen LogP contribution in [-0.2, 0) is 75.1 Å². The van der Waals surface area contributed by atoms with Gasteiger partial charge in [-0.05, 0) is 207 Å². The van der Waals surface area contributed by atoms with Crippen molar-refractivity contribution in [1.29, 1.82) is 0 Å². The molecule has 22 heteroatoms. The van der Waals surface area contributed by atoms with Gasteiger partial charge in [-0.2, -0.15) is 10.2 Å². The van der Waals surface area contributed by atoms with Gasteiger partial charge in [0, 0.05) is 70.0 Å². The van der Waals surface area contributed by atoms with Crippen LogP contribution in [0.3, 0.4) is 0 Å². The fourth-order valence-corrected chi connectivity index (χ4v) is 13.9. The first-order chi connectivity index (χ1) is 48.8. The Morgan fingerprint density at radius 2 is 0.913 bits per heavy atom. The van der Waals surface area contributed by atoms with Gasteiger partial charge in [0.2, 0.25) is 5.91 Å². The number of nitrogens with one attached hydrogen (secondary N) is 2. The number of hydrazone groups is 1. The summed E-state index contributed by atoms with van der Waals surface area (Å²) in [5, 5.41) is 25.2. The molecule has 103 heavy (non-hydrogen) atoms. The number of rotatable bonds is 5. The molecule has 3 unspecified atom stereocenters. The number of Topliss-reactive ketones (excluding diaryl/α,β-unsaturated/α-hetero) is 3. The molecule has 7 aliphatic rings. The SMILES string of the molecule is C.CC.CCOC(=O)CC1CCCc2ccccc2C1=O.Clc1cc2c(nn1)-c1ccccc1CCC2.O=C(O)CC1CCCc2ccccc2C1=O.O=C1CC2CCCc3ccccc3C2=NN1.O=C1CCCCc2ccccc21.O=P(Cl)(Cl)Cl.O=c1cc2c(n[nH]1)-c1ccccc1CCC2.[Db]. The average Bonchev–Trinajstić information content (AvgIpc) is 1.79. The summed E-state index contributed by atoms with van der Waals surface area (Å²) < 4.78 is 14.4. The molecule has 15 rings (SSSR count). The summed E-state index contributed by atoms with van der Waals surface area (Å²) in [6, 6.07) is 51.9. The minimum atomic E-state index is -3.22. The predicted molar refractivity (Wildman–Crippen MR) is 408 cm³/mol.